The fourth-order valence-electron chi connectivity index (χ4n) is 2.50. The van der Waals surface area contributed by atoms with E-state index in [0.29, 0.717) is 24.2 Å². The first-order chi connectivity index (χ1) is 10.5. The van der Waals surface area contributed by atoms with Crippen LogP contribution in [0.4, 0.5) is 0 Å². The van der Waals surface area contributed by atoms with Crippen molar-refractivity contribution in [2.45, 2.75) is 52.1 Å². The van der Waals surface area contributed by atoms with Crippen molar-refractivity contribution in [3.63, 3.8) is 0 Å². The van der Waals surface area contributed by atoms with Crippen molar-refractivity contribution in [1.29, 1.82) is 0 Å². The minimum Gasteiger partial charge on any atom is -0.308 e. The van der Waals surface area contributed by atoms with E-state index in [0.717, 1.165) is 11.4 Å². The van der Waals surface area contributed by atoms with Crippen molar-refractivity contribution in [2.24, 2.45) is 0 Å². The Hall–Kier alpha value is -1.94. The summed E-state index contributed by atoms with van der Waals surface area (Å²) >= 11 is 0. The lowest BCUT2D eigenvalue weighted by molar-refractivity contribution is 0.641. The summed E-state index contributed by atoms with van der Waals surface area (Å²) in [6.07, 6.45) is 2.41. The van der Waals surface area contributed by atoms with Crippen LogP contribution in [0.15, 0.2) is 35.1 Å². The van der Waals surface area contributed by atoms with Gasteiger partial charge in [0.25, 0.3) is 0 Å². The van der Waals surface area contributed by atoms with Crippen molar-refractivity contribution in [3.05, 3.63) is 57.5 Å². The highest BCUT2D eigenvalue weighted by atomic mass is 16.1. The van der Waals surface area contributed by atoms with Crippen molar-refractivity contribution in [1.82, 2.24) is 15.1 Å². The first kappa shape index (κ1) is 15.0. The molecule has 0 spiro atoms. The van der Waals surface area contributed by atoms with Gasteiger partial charge in [-0.2, -0.15) is 5.10 Å². The summed E-state index contributed by atoms with van der Waals surface area (Å²) in [4.78, 5) is 12.1. The van der Waals surface area contributed by atoms with Gasteiger partial charge in [-0.05, 0) is 43.4 Å². The van der Waals surface area contributed by atoms with Crippen LogP contribution in [0.25, 0.3) is 5.69 Å². The van der Waals surface area contributed by atoms with E-state index in [4.69, 9.17) is 0 Å². The molecule has 0 bridgehead atoms. The van der Waals surface area contributed by atoms with E-state index in [1.54, 1.807) is 6.07 Å². The van der Waals surface area contributed by atoms with Gasteiger partial charge in [-0.1, -0.05) is 26.0 Å². The molecule has 4 heteroatoms. The van der Waals surface area contributed by atoms with Crippen LogP contribution < -0.4 is 10.7 Å². The zero-order chi connectivity index (χ0) is 15.7. The minimum atomic E-state index is 0.0145. The molecule has 1 N–H and O–H groups in total. The van der Waals surface area contributed by atoms with E-state index in [1.165, 1.54) is 18.4 Å². The molecule has 4 nitrogen and oxygen atoms in total. The first-order valence-corrected chi connectivity index (χ1v) is 7.98. The lowest BCUT2D eigenvalue weighted by Crippen LogP contribution is -2.25. The number of hydrogen-bond donors (Lipinski definition) is 1. The maximum absolute atomic E-state index is 12.1. The van der Waals surface area contributed by atoms with Crippen LogP contribution in [0.1, 0.15) is 49.6 Å². The molecule has 22 heavy (non-hydrogen) atoms. The summed E-state index contributed by atoms with van der Waals surface area (Å²) in [6, 6.07) is 10.6. The highest BCUT2D eigenvalue weighted by molar-refractivity contribution is 5.36. The molecule has 0 atom stereocenters. The van der Waals surface area contributed by atoms with Crippen LogP contribution in [0.2, 0.25) is 0 Å². The topological polar surface area (TPSA) is 46.9 Å². The monoisotopic (exact) mass is 297 g/mol. The molecule has 0 amide bonds. The second kappa shape index (κ2) is 6.05. The molecule has 0 unspecified atom stereocenters. The molecule has 1 aromatic heterocycles. The zero-order valence-electron chi connectivity index (χ0n) is 13.5. The molecule has 1 aliphatic rings. The van der Waals surface area contributed by atoms with Crippen molar-refractivity contribution < 1.29 is 0 Å². The van der Waals surface area contributed by atoms with Gasteiger partial charge in [-0.25, -0.2) is 4.68 Å². The van der Waals surface area contributed by atoms with Crippen LogP contribution in [0.5, 0.6) is 0 Å². The lowest BCUT2D eigenvalue weighted by atomic mass is 10.0. The number of benzene rings is 1. The molecule has 0 saturated heterocycles. The van der Waals surface area contributed by atoms with Crippen LogP contribution in [-0.2, 0) is 6.54 Å². The Bertz CT molecular complexity index is 712. The zero-order valence-corrected chi connectivity index (χ0v) is 13.5. The number of aromatic nitrogens is 2. The maximum Gasteiger partial charge on any atom is 0.204 e. The fourth-order valence-corrected chi connectivity index (χ4v) is 2.50. The predicted molar refractivity (Wildman–Crippen MR) is 88.5 cm³/mol. The Kier molecular flexibility index (Phi) is 4.12. The molecular weight excluding hydrogens is 274 g/mol. The van der Waals surface area contributed by atoms with Crippen LogP contribution in [-0.4, -0.2) is 15.8 Å². The van der Waals surface area contributed by atoms with E-state index in [2.05, 4.69) is 48.5 Å². The molecule has 0 radical (unpaired) electrons. The molecule has 116 valence electrons. The molecule has 1 aliphatic carbocycles. The summed E-state index contributed by atoms with van der Waals surface area (Å²) in [7, 11) is 0. The van der Waals surface area contributed by atoms with Crippen LogP contribution in [0.3, 0.4) is 0 Å². The summed E-state index contributed by atoms with van der Waals surface area (Å²) in [5, 5.41) is 7.92. The average molecular weight is 297 g/mol. The Morgan fingerprint density at radius 2 is 1.95 bits per heavy atom. The molecule has 2 aromatic rings. The molecule has 0 aliphatic heterocycles. The Morgan fingerprint density at radius 1 is 1.27 bits per heavy atom. The quantitative estimate of drug-likeness (QED) is 0.923. The fraction of sp³-hybridized carbons (Fsp3) is 0.444. The van der Waals surface area contributed by atoms with Gasteiger partial charge in [0.05, 0.1) is 5.69 Å². The van der Waals surface area contributed by atoms with Crippen molar-refractivity contribution >= 4 is 0 Å². The molecule has 1 saturated carbocycles. The summed E-state index contributed by atoms with van der Waals surface area (Å²) < 4.78 is 1.86. The van der Waals surface area contributed by atoms with Gasteiger partial charge in [0, 0.05) is 24.3 Å². The average Bonchev–Trinajstić information content (AvgIpc) is 3.31. The second-order valence-electron chi connectivity index (χ2n) is 6.41. The molecule has 1 fully saturated rings. The van der Waals surface area contributed by atoms with E-state index >= 15 is 0 Å². The number of hydrogen-bond acceptors (Lipinski definition) is 3. The smallest absolute Gasteiger partial charge is 0.204 e. The number of nitrogens with zero attached hydrogens (tertiary/aromatic N) is 2. The summed E-state index contributed by atoms with van der Waals surface area (Å²) in [5.41, 5.74) is 3.76. The number of nitrogens with one attached hydrogen (secondary N) is 1. The van der Waals surface area contributed by atoms with Gasteiger partial charge in [0.1, 0.15) is 5.69 Å². The minimum absolute atomic E-state index is 0.0145. The molecule has 3 rings (SSSR count). The normalized spacial score (nSPS) is 14.5. The Morgan fingerprint density at radius 3 is 2.55 bits per heavy atom. The number of aryl methyl sites for hydroxylation is 1. The standard InChI is InChI=1S/C18H23N3O/c1-12(2)14-4-8-16(9-5-14)21-13(3)10-18(22)17(20-21)11-19-15-6-7-15/h4-5,8-10,12,15,19H,6-7,11H2,1-3H3. The third-order valence-electron chi connectivity index (χ3n) is 4.12. The van der Waals surface area contributed by atoms with Crippen LogP contribution >= 0.6 is 0 Å². The first-order valence-electron chi connectivity index (χ1n) is 7.98. The third-order valence-corrected chi connectivity index (χ3v) is 4.12. The largest absolute Gasteiger partial charge is 0.308 e. The number of rotatable bonds is 5. The SMILES string of the molecule is Cc1cc(=O)c(CNC2CC2)nn1-c1ccc(C(C)C)cc1. The van der Waals surface area contributed by atoms with Crippen molar-refractivity contribution in [2.75, 3.05) is 0 Å². The lowest BCUT2D eigenvalue weighted by Gasteiger charge is -2.13. The van der Waals surface area contributed by atoms with Crippen LogP contribution in [0, 0.1) is 6.92 Å². The Balaban J connectivity index is 1.90. The van der Waals surface area contributed by atoms with E-state index in [1.807, 2.05) is 11.6 Å². The van der Waals surface area contributed by atoms with E-state index in [-0.39, 0.29) is 5.43 Å². The van der Waals surface area contributed by atoms with Gasteiger partial charge >= 0.3 is 0 Å². The second-order valence-corrected chi connectivity index (χ2v) is 6.41. The maximum atomic E-state index is 12.1. The van der Waals surface area contributed by atoms with Crippen molar-refractivity contribution in [3.8, 4) is 5.69 Å². The van der Waals surface area contributed by atoms with Gasteiger partial charge < -0.3 is 5.32 Å². The highest BCUT2D eigenvalue weighted by Crippen LogP contribution is 2.19. The van der Waals surface area contributed by atoms with E-state index < -0.39 is 0 Å². The molecule has 1 aromatic carbocycles. The summed E-state index contributed by atoms with van der Waals surface area (Å²) in [5.74, 6) is 0.510. The van der Waals surface area contributed by atoms with E-state index in [9.17, 15) is 4.79 Å². The molecule has 1 heterocycles. The van der Waals surface area contributed by atoms with Gasteiger partial charge in [-0.3, -0.25) is 4.79 Å². The predicted octanol–water partition coefficient (Wildman–Crippen LogP) is 2.92. The van der Waals surface area contributed by atoms with Gasteiger partial charge in [0.2, 0.25) is 5.43 Å². The van der Waals surface area contributed by atoms with Gasteiger partial charge in [-0.15, -0.1) is 0 Å². The molecular formula is C18H23N3O. The Labute approximate surface area is 131 Å². The van der Waals surface area contributed by atoms with Gasteiger partial charge in [0.15, 0.2) is 0 Å². The highest BCUT2D eigenvalue weighted by Gasteiger charge is 2.21. The third kappa shape index (κ3) is 3.28. The summed E-state index contributed by atoms with van der Waals surface area (Å²) in [6.45, 7) is 6.83.